The number of halogens is 1. The SMILES string of the molecule is Cn1nc([C@@H]2CCCN(S(=O)(=O)Cc3cccc(F)c3)C2)n(-c2ccccc2)c1=O. The van der Waals surface area contributed by atoms with Crippen molar-refractivity contribution in [1.29, 1.82) is 0 Å². The number of benzene rings is 2. The molecule has 158 valence electrons. The molecule has 0 saturated carbocycles. The number of rotatable bonds is 5. The second-order valence-corrected chi connectivity index (χ2v) is 9.49. The average molecular weight is 431 g/mol. The molecule has 1 aliphatic heterocycles. The molecule has 0 aliphatic carbocycles. The second kappa shape index (κ2) is 8.16. The fraction of sp³-hybridized carbons (Fsp3) is 0.333. The number of aryl methyl sites for hydroxylation is 1. The van der Waals surface area contributed by atoms with E-state index in [1.165, 1.54) is 27.2 Å². The first-order chi connectivity index (χ1) is 14.3. The van der Waals surface area contributed by atoms with Crippen LogP contribution < -0.4 is 5.69 Å². The molecule has 1 saturated heterocycles. The van der Waals surface area contributed by atoms with Crippen molar-refractivity contribution in [2.24, 2.45) is 7.05 Å². The summed E-state index contributed by atoms with van der Waals surface area (Å²) in [6.07, 6.45) is 1.39. The molecule has 0 spiro atoms. The van der Waals surface area contributed by atoms with E-state index in [9.17, 15) is 17.6 Å². The van der Waals surface area contributed by atoms with Crippen LogP contribution in [0.2, 0.25) is 0 Å². The summed E-state index contributed by atoms with van der Waals surface area (Å²) in [4.78, 5) is 12.7. The number of para-hydroxylation sites is 1. The molecule has 2 aromatic carbocycles. The number of hydrogen-bond acceptors (Lipinski definition) is 4. The van der Waals surface area contributed by atoms with Crippen LogP contribution in [0.25, 0.3) is 5.69 Å². The monoisotopic (exact) mass is 430 g/mol. The minimum Gasteiger partial charge on any atom is -0.247 e. The van der Waals surface area contributed by atoms with Gasteiger partial charge in [-0.2, -0.15) is 5.10 Å². The van der Waals surface area contributed by atoms with Crippen LogP contribution in [0.15, 0.2) is 59.4 Å². The molecular formula is C21H23FN4O3S. The van der Waals surface area contributed by atoms with Crippen molar-refractivity contribution in [3.05, 3.63) is 82.3 Å². The molecule has 0 amide bonds. The largest absolute Gasteiger partial charge is 0.350 e. The summed E-state index contributed by atoms with van der Waals surface area (Å²) in [6.45, 7) is 0.636. The van der Waals surface area contributed by atoms with Crippen LogP contribution in [-0.4, -0.2) is 40.2 Å². The first-order valence-corrected chi connectivity index (χ1v) is 11.4. The summed E-state index contributed by atoms with van der Waals surface area (Å²) >= 11 is 0. The Hall–Kier alpha value is -2.78. The molecule has 0 unspecified atom stereocenters. The smallest absolute Gasteiger partial charge is 0.247 e. The third-order valence-corrected chi connectivity index (χ3v) is 7.16. The lowest BCUT2D eigenvalue weighted by Crippen LogP contribution is -2.40. The Bertz CT molecular complexity index is 1200. The van der Waals surface area contributed by atoms with E-state index in [4.69, 9.17) is 0 Å². The third kappa shape index (κ3) is 4.08. The number of sulfonamides is 1. The number of nitrogens with zero attached hydrogens (tertiary/aromatic N) is 4. The van der Waals surface area contributed by atoms with Crippen LogP contribution in [0.3, 0.4) is 0 Å². The van der Waals surface area contributed by atoms with Gasteiger partial charge in [0, 0.05) is 26.1 Å². The molecule has 0 radical (unpaired) electrons. The van der Waals surface area contributed by atoms with Gasteiger partial charge in [-0.05, 0) is 42.7 Å². The van der Waals surface area contributed by atoms with Crippen molar-refractivity contribution >= 4 is 10.0 Å². The van der Waals surface area contributed by atoms with Gasteiger partial charge in [0.1, 0.15) is 11.6 Å². The number of hydrogen-bond donors (Lipinski definition) is 0. The van der Waals surface area contributed by atoms with Gasteiger partial charge in [0.25, 0.3) is 0 Å². The first kappa shape index (κ1) is 20.5. The summed E-state index contributed by atoms with van der Waals surface area (Å²) < 4.78 is 43.7. The summed E-state index contributed by atoms with van der Waals surface area (Å²) in [5, 5.41) is 4.42. The molecule has 30 heavy (non-hydrogen) atoms. The summed E-state index contributed by atoms with van der Waals surface area (Å²) in [5.74, 6) is -0.375. The maximum atomic E-state index is 13.5. The van der Waals surface area contributed by atoms with Crippen LogP contribution >= 0.6 is 0 Å². The van der Waals surface area contributed by atoms with Gasteiger partial charge in [0.05, 0.1) is 11.4 Å². The van der Waals surface area contributed by atoms with E-state index in [-0.39, 0.29) is 23.9 Å². The predicted molar refractivity (Wildman–Crippen MR) is 111 cm³/mol. The standard InChI is InChI=1S/C21H23FN4O3S/c1-24-21(27)26(19-10-3-2-4-11-19)20(23-24)17-8-6-12-25(14-17)30(28,29)15-16-7-5-9-18(22)13-16/h2-5,7,9-11,13,17H,6,8,12,14-15H2,1H3/t17-/m1/s1. The topological polar surface area (TPSA) is 77.2 Å². The highest BCUT2D eigenvalue weighted by atomic mass is 32.2. The average Bonchev–Trinajstić information content (AvgIpc) is 3.03. The van der Waals surface area contributed by atoms with E-state index in [1.807, 2.05) is 30.3 Å². The molecule has 9 heteroatoms. The quantitative estimate of drug-likeness (QED) is 0.623. The molecule has 3 aromatic rings. The van der Waals surface area contributed by atoms with Gasteiger partial charge in [-0.3, -0.25) is 0 Å². The van der Waals surface area contributed by atoms with Gasteiger partial charge in [0.15, 0.2) is 0 Å². The van der Waals surface area contributed by atoms with Crippen LogP contribution in [0, 0.1) is 5.82 Å². The second-order valence-electron chi connectivity index (χ2n) is 7.52. The van der Waals surface area contributed by atoms with Gasteiger partial charge in [-0.1, -0.05) is 30.3 Å². The van der Waals surface area contributed by atoms with Gasteiger partial charge >= 0.3 is 5.69 Å². The summed E-state index contributed by atoms with van der Waals surface area (Å²) in [7, 11) is -2.04. The molecule has 1 aromatic heterocycles. The van der Waals surface area contributed by atoms with E-state index in [2.05, 4.69) is 5.10 Å². The molecule has 0 N–H and O–H groups in total. The van der Waals surface area contributed by atoms with Crippen molar-refractivity contribution in [2.75, 3.05) is 13.1 Å². The van der Waals surface area contributed by atoms with Gasteiger partial charge in [0.2, 0.25) is 10.0 Å². The molecule has 4 rings (SSSR count). The molecule has 1 fully saturated rings. The lowest BCUT2D eigenvalue weighted by Gasteiger charge is -2.31. The lowest BCUT2D eigenvalue weighted by molar-refractivity contribution is 0.306. The minimum atomic E-state index is -3.63. The molecule has 0 bridgehead atoms. The zero-order valence-corrected chi connectivity index (χ0v) is 17.4. The van der Waals surface area contributed by atoms with Gasteiger partial charge in [-0.25, -0.2) is 31.2 Å². The van der Waals surface area contributed by atoms with Gasteiger partial charge in [-0.15, -0.1) is 0 Å². The van der Waals surface area contributed by atoms with Crippen molar-refractivity contribution < 1.29 is 12.8 Å². The predicted octanol–water partition coefficient (Wildman–Crippen LogP) is 2.42. The highest BCUT2D eigenvalue weighted by Crippen LogP contribution is 2.29. The van der Waals surface area contributed by atoms with Crippen molar-refractivity contribution in [2.45, 2.75) is 24.5 Å². The molecule has 7 nitrogen and oxygen atoms in total. The van der Waals surface area contributed by atoms with Gasteiger partial charge < -0.3 is 0 Å². The van der Waals surface area contributed by atoms with E-state index in [0.29, 0.717) is 30.0 Å². The Morgan fingerprint density at radius 1 is 1.13 bits per heavy atom. The Morgan fingerprint density at radius 3 is 2.63 bits per heavy atom. The van der Waals surface area contributed by atoms with Crippen molar-refractivity contribution in [3.63, 3.8) is 0 Å². The normalized spacial score (nSPS) is 17.9. The summed E-state index contributed by atoms with van der Waals surface area (Å²) in [5.41, 5.74) is 0.845. The van der Waals surface area contributed by atoms with E-state index < -0.39 is 15.8 Å². The highest BCUT2D eigenvalue weighted by Gasteiger charge is 2.33. The zero-order chi connectivity index (χ0) is 21.3. The van der Waals surface area contributed by atoms with Crippen molar-refractivity contribution in [3.8, 4) is 5.69 Å². The Morgan fingerprint density at radius 2 is 1.90 bits per heavy atom. The third-order valence-electron chi connectivity index (χ3n) is 5.34. The number of piperidine rings is 1. The van der Waals surface area contributed by atoms with E-state index in [0.717, 1.165) is 6.42 Å². The maximum Gasteiger partial charge on any atom is 0.350 e. The zero-order valence-electron chi connectivity index (χ0n) is 16.6. The Balaban J connectivity index is 1.62. The van der Waals surface area contributed by atoms with Crippen LogP contribution in [0.4, 0.5) is 4.39 Å². The lowest BCUT2D eigenvalue weighted by atomic mass is 9.98. The minimum absolute atomic E-state index is 0.213. The highest BCUT2D eigenvalue weighted by molar-refractivity contribution is 7.88. The van der Waals surface area contributed by atoms with E-state index in [1.54, 1.807) is 17.7 Å². The molecule has 2 heterocycles. The Labute approximate surface area is 174 Å². The molecule has 1 aliphatic rings. The maximum absolute atomic E-state index is 13.5. The Kier molecular flexibility index (Phi) is 5.57. The fourth-order valence-electron chi connectivity index (χ4n) is 3.90. The number of aromatic nitrogens is 3. The van der Waals surface area contributed by atoms with Crippen LogP contribution in [0.1, 0.15) is 30.1 Å². The van der Waals surface area contributed by atoms with Crippen LogP contribution in [0.5, 0.6) is 0 Å². The molecule has 1 atom stereocenters. The first-order valence-electron chi connectivity index (χ1n) is 9.79. The van der Waals surface area contributed by atoms with Crippen molar-refractivity contribution in [1.82, 2.24) is 18.7 Å². The van der Waals surface area contributed by atoms with Crippen LogP contribution in [-0.2, 0) is 22.8 Å². The summed E-state index contributed by atoms with van der Waals surface area (Å²) in [6, 6.07) is 14.8. The molecular weight excluding hydrogens is 407 g/mol. The van der Waals surface area contributed by atoms with E-state index >= 15 is 0 Å². The fourth-order valence-corrected chi connectivity index (χ4v) is 5.50.